The van der Waals surface area contributed by atoms with E-state index in [4.69, 9.17) is 9.47 Å². The predicted molar refractivity (Wildman–Crippen MR) is 106 cm³/mol. The second-order valence-corrected chi connectivity index (χ2v) is 7.75. The Morgan fingerprint density at radius 2 is 1.80 bits per heavy atom. The van der Waals surface area contributed by atoms with E-state index in [1.807, 2.05) is 0 Å². The smallest absolute Gasteiger partial charge is 0.332 e. The molecule has 3 rings (SSSR count). The summed E-state index contributed by atoms with van der Waals surface area (Å²) < 4.78 is 11.1. The average molecular weight is 418 g/mol. The average Bonchev–Trinajstić information content (AvgIpc) is 2.75. The van der Waals surface area contributed by atoms with E-state index in [0.717, 1.165) is 19.3 Å². The van der Waals surface area contributed by atoms with Crippen molar-refractivity contribution in [2.24, 2.45) is 11.8 Å². The van der Waals surface area contributed by atoms with Gasteiger partial charge in [-0.05, 0) is 38.8 Å². The predicted octanol–water partition coefficient (Wildman–Crippen LogP) is 1.74. The Morgan fingerprint density at radius 3 is 2.53 bits per heavy atom. The Bertz CT molecular complexity index is 841. The number of amides is 2. The number of nitrogens with one attached hydrogen (secondary N) is 2. The fourth-order valence-electron chi connectivity index (χ4n) is 4.19. The zero-order valence-electron chi connectivity index (χ0n) is 16.9. The van der Waals surface area contributed by atoms with Gasteiger partial charge in [-0.2, -0.15) is 0 Å². The fourth-order valence-corrected chi connectivity index (χ4v) is 4.19. The first-order valence-electron chi connectivity index (χ1n) is 10.1. The lowest BCUT2D eigenvalue weighted by Gasteiger charge is -2.32. The van der Waals surface area contributed by atoms with Crippen LogP contribution in [-0.4, -0.2) is 47.6 Å². The highest BCUT2D eigenvalue weighted by atomic mass is 16.6. The molecule has 0 radical (unpaired) electrons. The van der Waals surface area contributed by atoms with Crippen molar-refractivity contribution >= 4 is 29.9 Å². The van der Waals surface area contributed by atoms with Crippen LogP contribution in [0.25, 0.3) is 0 Å². The quantitative estimate of drug-likeness (QED) is 0.386. The second-order valence-electron chi connectivity index (χ2n) is 7.75. The van der Waals surface area contributed by atoms with Gasteiger partial charge in [0.15, 0.2) is 11.8 Å². The van der Waals surface area contributed by atoms with Gasteiger partial charge < -0.3 is 25.2 Å². The Morgan fingerprint density at radius 1 is 1.10 bits per heavy atom. The molecule has 1 saturated heterocycles. The number of ether oxygens (including phenoxy) is 2. The first kappa shape index (κ1) is 21.6. The molecule has 162 valence electrons. The van der Waals surface area contributed by atoms with Crippen LogP contribution in [0.4, 0.5) is 5.69 Å². The molecule has 2 fully saturated rings. The maximum absolute atomic E-state index is 12.8. The zero-order chi connectivity index (χ0) is 21.8. The van der Waals surface area contributed by atoms with Crippen molar-refractivity contribution in [1.82, 2.24) is 5.32 Å². The molecule has 2 amide bonds. The highest BCUT2D eigenvalue weighted by Gasteiger charge is 2.42. The standard InChI is InChI=1S/C21H26N2O7/c1-11-13-6-3-4-7-14(13)20(27)30-12(2)17(21(28)29-11)23-19(26)15-8-5-9-16(18(15)25)22-10-24/h5,8-14,17,25H,3-4,6-7H2,1-2H3,(H,22,24)(H,23,26). The van der Waals surface area contributed by atoms with Crippen LogP contribution >= 0.6 is 0 Å². The van der Waals surface area contributed by atoms with Crippen molar-refractivity contribution in [3.8, 4) is 5.75 Å². The fraction of sp³-hybridized carbons (Fsp3) is 0.524. The summed E-state index contributed by atoms with van der Waals surface area (Å²) in [7, 11) is 0. The Balaban J connectivity index is 1.83. The molecule has 0 spiro atoms. The lowest BCUT2D eigenvalue weighted by atomic mass is 9.76. The minimum absolute atomic E-state index is 0.0480. The molecule has 3 N–H and O–H groups in total. The van der Waals surface area contributed by atoms with Gasteiger partial charge in [0.2, 0.25) is 6.41 Å². The van der Waals surface area contributed by atoms with Crippen LogP contribution in [0.1, 0.15) is 49.9 Å². The van der Waals surface area contributed by atoms with Crippen molar-refractivity contribution in [1.29, 1.82) is 0 Å². The van der Waals surface area contributed by atoms with E-state index in [0.29, 0.717) is 12.8 Å². The van der Waals surface area contributed by atoms with E-state index >= 15 is 0 Å². The molecule has 9 nitrogen and oxygen atoms in total. The number of fused-ring (bicyclic) bond motifs is 1. The first-order chi connectivity index (χ1) is 14.3. The Hall–Kier alpha value is -3.10. The third-order valence-corrected chi connectivity index (χ3v) is 5.83. The van der Waals surface area contributed by atoms with Gasteiger partial charge in [0, 0.05) is 5.92 Å². The molecule has 5 unspecified atom stereocenters. The number of carbonyl (C=O) groups is 4. The van der Waals surface area contributed by atoms with Crippen molar-refractivity contribution in [3.63, 3.8) is 0 Å². The second kappa shape index (κ2) is 9.15. The summed E-state index contributed by atoms with van der Waals surface area (Å²) in [5.41, 5.74) is -0.0957. The molecular weight excluding hydrogens is 392 g/mol. The molecule has 9 heteroatoms. The maximum Gasteiger partial charge on any atom is 0.332 e. The van der Waals surface area contributed by atoms with Crippen LogP contribution < -0.4 is 10.6 Å². The van der Waals surface area contributed by atoms with Gasteiger partial charge in [0.05, 0.1) is 17.2 Å². The number of benzene rings is 1. The summed E-state index contributed by atoms with van der Waals surface area (Å²) in [6.45, 7) is 3.27. The number of hydrogen-bond acceptors (Lipinski definition) is 7. The molecule has 1 heterocycles. The van der Waals surface area contributed by atoms with E-state index in [9.17, 15) is 24.3 Å². The van der Waals surface area contributed by atoms with Gasteiger partial charge in [-0.1, -0.05) is 18.9 Å². The summed E-state index contributed by atoms with van der Waals surface area (Å²) in [6, 6.07) is 2.99. The minimum atomic E-state index is -1.24. The van der Waals surface area contributed by atoms with Crippen molar-refractivity contribution in [2.45, 2.75) is 57.8 Å². The van der Waals surface area contributed by atoms with E-state index in [2.05, 4.69) is 10.6 Å². The normalized spacial score (nSPS) is 29.2. The third-order valence-electron chi connectivity index (χ3n) is 5.83. The number of anilines is 1. The number of carbonyl (C=O) groups excluding carboxylic acids is 4. The van der Waals surface area contributed by atoms with Crippen molar-refractivity contribution in [3.05, 3.63) is 23.8 Å². The number of aromatic hydroxyl groups is 1. The molecule has 1 aliphatic heterocycles. The number of hydrogen-bond donors (Lipinski definition) is 3. The van der Waals surface area contributed by atoms with Gasteiger partial charge in [0.1, 0.15) is 12.2 Å². The molecule has 1 aromatic carbocycles. The van der Waals surface area contributed by atoms with Gasteiger partial charge in [-0.25, -0.2) is 4.79 Å². The van der Waals surface area contributed by atoms with E-state index in [1.54, 1.807) is 6.92 Å². The number of phenolic OH excluding ortho intramolecular Hbond substituents is 1. The molecule has 0 bridgehead atoms. The third kappa shape index (κ3) is 4.39. The van der Waals surface area contributed by atoms with Crippen LogP contribution in [-0.2, 0) is 23.9 Å². The monoisotopic (exact) mass is 418 g/mol. The molecule has 1 aliphatic carbocycles. The number of para-hydroxylation sites is 1. The first-order valence-corrected chi connectivity index (χ1v) is 10.1. The van der Waals surface area contributed by atoms with Gasteiger partial charge >= 0.3 is 11.9 Å². The summed E-state index contributed by atoms with van der Waals surface area (Å²) in [6.07, 6.45) is 2.24. The van der Waals surface area contributed by atoms with Crippen LogP contribution in [0.5, 0.6) is 5.75 Å². The lowest BCUT2D eigenvalue weighted by molar-refractivity contribution is -0.158. The summed E-state index contributed by atoms with van der Waals surface area (Å²) >= 11 is 0. The van der Waals surface area contributed by atoms with Crippen LogP contribution in [0.15, 0.2) is 18.2 Å². The molecule has 2 aliphatic rings. The van der Waals surface area contributed by atoms with Crippen LogP contribution in [0, 0.1) is 11.8 Å². The lowest BCUT2D eigenvalue weighted by Crippen LogP contribution is -2.50. The number of phenols is 1. The van der Waals surface area contributed by atoms with E-state index < -0.39 is 41.8 Å². The van der Waals surface area contributed by atoms with Crippen molar-refractivity contribution in [2.75, 3.05) is 5.32 Å². The summed E-state index contributed by atoms with van der Waals surface area (Å²) in [5, 5.41) is 15.0. The molecule has 5 atom stereocenters. The van der Waals surface area contributed by atoms with E-state index in [-0.39, 0.29) is 23.1 Å². The largest absolute Gasteiger partial charge is 0.505 e. The van der Waals surface area contributed by atoms with Gasteiger partial charge in [-0.15, -0.1) is 0 Å². The van der Waals surface area contributed by atoms with Crippen LogP contribution in [0.3, 0.4) is 0 Å². The van der Waals surface area contributed by atoms with E-state index in [1.165, 1.54) is 25.1 Å². The number of cyclic esters (lactones) is 2. The summed E-state index contributed by atoms with van der Waals surface area (Å²) in [4.78, 5) is 48.9. The Kier molecular flexibility index (Phi) is 6.59. The maximum atomic E-state index is 12.8. The molecule has 30 heavy (non-hydrogen) atoms. The zero-order valence-corrected chi connectivity index (χ0v) is 16.9. The van der Waals surface area contributed by atoms with Crippen molar-refractivity contribution < 1.29 is 33.8 Å². The summed E-state index contributed by atoms with van der Waals surface area (Å²) in [5.74, 6) is -2.76. The number of rotatable bonds is 4. The molecule has 0 aromatic heterocycles. The van der Waals surface area contributed by atoms with Gasteiger partial charge in [0.25, 0.3) is 5.91 Å². The minimum Gasteiger partial charge on any atom is -0.505 e. The molecular formula is C21H26N2O7. The highest BCUT2D eigenvalue weighted by Crippen LogP contribution is 2.36. The SMILES string of the molecule is CC1OC(=O)C2CCCCC2C(C)OC(=O)C1NC(=O)c1cccc(NC=O)c1O. The molecule has 1 aromatic rings. The van der Waals surface area contributed by atoms with Gasteiger partial charge in [-0.3, -0.25) is 14.4 Å². The number of esters is 2. The molecule has 1 saturated carbocycles. The van der Waals surface area contributed by atoms with Crippen LogP contribution in [0.2, 0.25) is 0 Å². The topological polar surface area (TPSA) is 131 Å². The highest BCUT2D eigenvalue weighted by molar-refractivity contribution is 6.01. The Labute approximate surface area is 174 Å².